The Morgan fingerprint density at radius 1 is 1.31 bits per heavy atom. The molecule has 0 bridgehead atoms. The smallest absolute Gasteiger partial charge is 0.0104 e. The lowest BCUT2D eigenvalue weighted by atomic mass is 10.0. The van der Waals surface area contributed by atoms with E-state index in [0.717, 1.165) is 26.1 Å². The van der Waals surface area contributed by atoms with E-state index in [-0.39, 0.29) is 0 Å². The van der Waals surface area contributed by atoms with Gasteiger partial charge in [0.1, 0.15) is 0 Å². The van der Waals surface area contributed by atoms with Gasteiger partial charge in [0.15, 0.2) is 0 Å². The monoisotopic (exact) mass is 236 g/mol. The van der Waals surface area contributed by atoms with Crippen molar-refractivity contribution in [3.8, 4) is 0 Å². The van der Waals surface area contributed by atoms with Gasteiger partial charge in [-0.3, -0.25) is 0 Å². The maximum atomic E-state index is 5.43. The molecule has 0 aliphatic carbocycles. The average Bonchev–Trinajstić information content (AvgIpc) is 2.34. The van der Waals surface area contributed by atoms with E-state index >= 15 is 0 Å². The van der Waals surface area contributed by atoms with Crippen molar-refractivity contribution in [2.45, 2.75) is 24.2 Å². The first-order valence-corrected chi connectivity index (χ1v) is 7.04. The molecule has 1 heterocycles. The zero-order valence-electron chi connectivity index (χ0n) is 9.67. The first-order chi connectivity index (χ1) is 7.90. The topological polar surface area (TPSA) is 38.0 Å². The third kappa shape index (κ3) is 3.24. The molecule has 2 rings (SSSR count). The van der Waals surface area contributed by atoms with E-state index in [1.807, 2.05) is 11.8 Å². The van der Waals surface area contributed by atoms with Gasteiger partial charge >= 0.3 is 0 Å². The van der Waals surface area contributed by atoms with Gasteiger partial charge < -0.3 is 11.1 Å². The normalized spacial score (nSPS) is 14.8. The second kappa shape index (κ2) is 6.28. The molecule has 0 spiro atoms. The quantitative estimate of drug-likeness (QED) is 0.766. The van der Waals surface area contributed by atoms with Crippen LogP contribution in [-0.2, 0) is 12.8 Å². The minimum Gasteiger partial charge on any atom is -0.329 e. The van der Waals surface area contributed by atoms with Crippen LogP contribution in [0.2, 0.25) is 0 Å². The van der Waals surface area contributed by atoms with E-state index < -0.39 is 0 Å². The predicted octanol–water partition coefficient (Wildman–Crippen LogP) is 1.82. The van der Waals surface area contributed by atoms with Gasteiger partial charge in [-0.25, -0.2) is 0 Å². The summed E-state index contributed by atoms with van der Waals surface area (Å²) in [5.41, 5.74) is 8.43. The van der Waals surface area contributed by atoms with E-state index in [9.17, 15) is 0 Å². The average molecular weight is 236 g/mol. The molecule has 1 aliphatic rings. The van der Waals surface area contributed by atoms with Crippen LogP contribution in [0.25, 0.3) is 0 Å². The van der Waals surface area contributed by atoms with Crippen LogP contribution in [0.15, 0.2) is 23.1 Å². The fourth-order valence-corrected chi connectivity index (χ4v) is 3.05. The van der Waals surface area contributed by atoms with Gasteiger partial charge in [-0.15, -0.1) is 11.8 Å². The molecule has 2 nitrogen and oxygen atoms in total. The molecule has 1 aromatic rings. The van der Waals surface area contributed by atoms with Crippen LogP contribution in [-0.4, -0.2) is 25.4 Å². The Kier molecular flexibility index (Phi) is 4.69. The molecule has 0 radical (unpaired) electrons. The molecule has 3 heteroatoms. The van der Waals surface area contributed by atoms with Crippen LogP contribution < -0.4 is 11.1 Å². The number of aryl methyl sites for hydroxylation is 1. The highest BCUT2D eigenvalue weighted by Crippen LogP contribution is 2.30. The highest BCUT2D eigenvalue weighted by atomic mass is 32.2. The summed E-state index contributed by atoms with van der Waals surface area (Å²) in [5.74, 6) is 1.28. The van der Waals surface area contributed by atoms with E-state index in [1.165, 1.54) is 29.1 Å². The first-order valence-electron chi connectivity index (χ1n) is 6.05. The highest BCUT2D eigenvalue weighted by molar-refractivity contribution is 7.99. The molecular weight excluding hydrogens is 216 g/mol. The Labute approximate surface area is 102 Å². The third-order valence-corrected chi connectivity index (χ3v) is 4.09. The molecule has 88 valence electrons. The van der Waals surface area contributed by atoms with Gasteiger partial charge in [0, 0.05) is 18.0 Å². The Bertz CT molecular complexity index is 339. The number of thioether (sulfide) groups is 1. The van der Waals surface area contributed by atoms with Crippen LogP contribution >= 0.6 is 11.8 Å². The summed E-state index contributed by atoms with van der Waals surface area (Å²) in [5, 5.41) is 3.33. The Hall–Kier alpha value is -0.510. The van der Waals surface area contributed by atoms with Crippen LogP contribution in [0.4, 0.5) is 0 Å². The zero-order valence-corrected chi connectivity index (χ0v) is 10.5. The number of nitrogens with two attached hydrogens (primary N) is 1. The maximum Gasteiger partial charge on any atom is 0.0104 e. The van der Waals surface area contributed by atoms with Crippen LogP contribution in [0.1, 0.15) is 17.5 Å². The minimum atomic E-state index is 0.723. The summed E-state index contributed by atoms with van der Waals surface area (Å²) in [4.78, 5) is 1.49. The summed E-state index contributed by atoms with van der Waals surface area (Å²) >= 11 is 2.00. The van der Waals surface area contributed by atoms with Crippen molar-refractivity contribution in [3.63, 3.8) is 0 Å². The van der Waals surface area contributed by atoms with Gasteiger partial charge in [-0.05, 0) is 48.8 Å². The van der Waals surface area contributed by atoms with Crippen LogP contribution in [0.5, 0.6) is 0 Å². The number of nitrogens with one attached hydrogen (secondary N) is 1. The summed E-state index contributed by atoms with van der Waals surface area (Å²) in [6, 6.07) is 6.93. The van der Waals surface area contributed by atoms with Crippen LogP contribution in [0, 0.1) is 0 Å². The lowest BCUT2D eigenvalue weighted by Gasteiger charge is -2.16. The van der Waals surface area contributed by atoms with E-state index in [1.54, 1.807) is 5.56 Å². The van der Waals surface area contributed by atoms with Gasteiger partial charge in [-0.2, -0.15) is 0 Å². The number of hydrogen-bond donors (Lipinski definition) is 2. The van der Waals surface area contributed by atoms with Crippen molar-refractivity contribution in [3.05, 3.63) is 29.3 Å². The Morgan fingerprint density at radius 3 is 3.12 bits per heavy atom. The largest absolute Gasteiger partial charge is 0.329 e. The summed E-state index contributed by atoms with van der Waals surface area (Å²) in [7, 11) is 0. The van der Waals surface area contributed by atoms with Crippen LogP contribution in [0.3, 0.4) is 0 Å². The first kappa shape index (κ1) is 12.0. The van der Waals surface area contributed by atoms with Gasteiger partial charge in [0.25, 0.3) is 0 Å². The lowest BCUT2D eigenvalue weighted by molar-refractivity contribution is 0.688. The van der Waals surface area contributed by atoms with Crippen molar-refractivity contribution in [2.75, 3.05) is 25.4 Å². The van der Waals surface area contributed by atoms with Gasteiger partial charge in [0.2, 0.25) is 0 Å². The number of rotatable bonds is 5. The number of fused-ring (bicyclic) bond motifs is 1. The third-order valence-electron chi connectivity index (χ3n) is 2.88. The molecule has 0 amide bonds. The SMILES string of the molecule is NCCNCCc1ccc2c(c1)CCCS2. The number of benzene rings is 1. The highest BCUT2D eigenvalue weighted by Gasteiger charge is 2.09. The maximum absolute atomic E-state index is 5.43. The Balaban J connectivity index is 1.90. The fraction of sp³-hybridized carbons (Fsp3) is 0.538. The second-order valence-corrected chi connectivity index (χ2v) is 5.32. The van der Waals surface area contributed by atoms with E-state index in [0.29, 0.717) is 0 Å². The lowest BCUT2D eigenvalue weighted by Crippen LogP contribution is -2.24. The van der Waals surface area contributed by atoms with Gasteiger partial charge in [0.05, 0.1) is 0 Å². The minimum absolute atomic E-state index is 0.723. The standard InChI is InChI=1S/C13H20N2S/c14-6-8-15-7-5-11-3-4-13-12(10-11)2-1-9-16-13/h3-4,10,15H,1-2,5-9,14H2. The molecule has 0 atom stereocenters. The molecule has 1 aromatic carbocycles. The molecular formula is C13H20N2S. The molecule has 1 aliphatic heterocycles. The van der Waals surface area contributed by atoms with Crippen molar-refractivity contribution in [1.29, 1.82) is 0 Å². The van der Waals surface area contributed by atoms with E-state index in [4.69, 9.17) is 5.73 Å². The summed E-state index contributed by atoms with van der Waals surface area (Å²) < 4.78 is 0. The molecule has 0 saturated carbocycles. The second-order valence-electron chi connectivity index (χ2n) is 4.18. The van der Waals surface area contributed by atoms with Crippen molar-refractivity contribution < 1.29 is 0 Å². The molecule has 0 fully saturated rings. The Morgan fingerprint density at radius 2 is 2.25 bits per heavy atom. The van der Waals surface area contributed by atoms with E-state index in [2.05, 4.69) is 23.5 Å². The van der Waals surface area contributed by atoms with Gasteiger partial charge in [-0.1, -0.05) is 12.1 Å². The summed E-state index contributed by atoms with van der Waals surface area (Å²) in [6.45, 7) is 2.67. The van der Waals surface area contributed by atoms with Crippen molar-refractivity contribution in [2.24, 2.45) is 5.73 Å². The summed E-state index contributed by atoms with van der Waals surface area (Å²) in [6.07, 6.45) is 3.69. The van der Waals surface area contributed by atoms with Crippen molar-refractivity contribution >= 4 is 11.8 Å². The molecule has 16 heavy (non-hydrogen) atoms. The molecule has 0 unspecified atom stereocenters. The predicted molar refractivity (Wildman–Crippen MR) is 71.1 cm³/mol. The number of hydrogen-bond acceptors (Lipinski definition) is 3. The molecule has 0 saturated heterocycles. The molecule has 0 aromatic heterocycles. The fourth-order valence-electron chi connectivity index (χ4n) is 2.03. The zero-order chi connectivity index (χ0) is 11.2. The molecule has 3 N–H and O–H groups in total. The van der Waals surface area contributed by atoms with Crippen molar-refractivity contribution in [1.82, 2.24) is 5.32 Å².